The van der Waals surface area contributed by atoms with Crippen LogP contribution in [0.25, 0.3) is 0 Å². The molecule has 0 spiro atoms. The summed E-state index contributed by atoms with van der Waals surface area (Å²) >= 11 is 0. The van der Waals surface area contributed by atoms with Gasteiger partial charge in [0.15, 0.2) is 10.8 Å². The number of hydrogen-bond donors (Lipinski definition) is 3. The second kappa shape index (κ2) is 10.3. The molecule has 0 saturated carbocycles. The standard InChI is InChI=1S/C21H24N2O6S/c24-19(25)12-23-14-30(16-8-10-29-13-16)11-9-17(20(23)26)22-18(21(27)28)7-6-15-4-2-1-3-5-15/h1-5,8,10,13,17-18,22H,6-7,9,11-12,14H2,(H-,24,25,27,28)/p+1. The molecule has 0 bridgehead atoms. The number of rotatable bonds is 9. The second-order valence-corrected chi connectivity index (χ2v) is 9.26. The van der Waals surface area contributed by atoms with Gasteiger partial charge < -0.3 is 14.6 Å². The van der Waals surface area contributed by atoms with Crippen molar-refractivity contribution in [3.8, 4) is 0 Å². The van der Waals surface area contributed by atoms with Crippen molar-refractivity contribution in [3.63, 3.8) is 0 Å². The van der Waals surface area contributed by atoms with Gasteiger partial charge in [-0.25, -0.2) is 0 Å². The number of carboxylic acids is 2. The lowest BCUT2D eigenvalue weighted by Crippen LogP contribution is -2.52. The maximum Gasteiger partial charge on any atom is 0.323 e. The molecule has 1 fully saturated rings. The van der Waals surface area contributed by atoms with Crippen molar-refractivity contribution in [3.05, 3.63) is 54.5 Å². The van der Waals surface area contributed by atoms with E-state index in [4.69, 9.17) is 4.42 Å². The smallest absolute Gasteiger partial charge is 0.323 e. The molecular weight excluding hydrogens is 408 g/mol. The molecule has 3 atom stereocenters. The molecule has 1 saturated heterocycles. The van der Waals surface area contributed by atoms with Gasteiger partial charge in [0.05, 0.1) is 12.3 Å². The largest absolute Gasteiger partial charge is 0.480 e. The van der Waals surface area contributed by atoms with Gasteiger partial charge in [0.2, 0.25) is 5.91 Å². The van der Waals surface area contributed by atoms with Crippen LogP contribution in [-0.2, 0) is 31.7 Å². The van der Waals surface area contributed by atoms with Crippen molar-refractivity contribution in [1.29, 1.82) is 0 Å². The predicted molar refractivity (Wildman–Crippen MR) is 111 cm³/mol. The van der Waals surface area contributed by atoms with Crippen LogP contribution in [0.3, 0.4) is 0 Å². The number of aryl methyl sites for hydroxylation is 1. The number of hydrogen-bond acceptors (Lipinski definition) is 5. The Balaban J connectivity index is 1.72. The molecule has 3 rings (SSSR count). The Hall–Kier alpha value is -2.78. The highest BCUT2D eigenvalue weighted by molar-refractivity contribution is 7.96. The summed E-state index contributed by atoms with van der Waals surface area (Å²) in [6.45, 7) is -0.417. The molecule has 1 aromatic carbocycles. The minimum Gasteiger partial charge on any atom is -0.480 e. The number of carbonyl (C=O) groups excluding carboxylic acids is 1. The summed E-state index contributed by atoms with van der Waals surface area (Å²) in [6.07, 6.45) is 4.48. The first kappa shape index (κ1) is 21.9. The van der Waals surface area contributed by atoms with E-state index in [1.165, 1.54) is 4.90 Å². The molecule has 3 N–H and O–H groups in total. The average Bonchev–Trinajstić information content (AvgIpc) is 3.21. The van der Waals surface area contributed by atoms with E-state index in [0.29, 0.717) is 25.0 Å². The molecule has 9 heteroatoms. The van der Waals surface area contributed by atoms with Crippen LogP contribution in [0.2, 0.25) is 0 Å². The Bertz CT molecular complexity index is 858. The van der Waals surface area contributed by atoms with Crippen molar-refractivity contribution < 1.29 is 29.0 Å². The number of aliphatic carboxylic acids is 2. The molecule has 160 valence electrons. The van der Waals surface area contributed by atoms with Gasteiger partial charge in [0, 0.05) is 23.4 Å². The van der Waals surface area contributed by atoms with Gasteiger partial charge in [-0.1, -0.05) is 30.3 Å². The van der Waals surface area contributed by atoms with Crippen LogP contribution in [-0.4, -0.2) is 63.2 Å². The van der Waals surface area contributed by atoms with Gasteiger partial charge in [0.25, 0.3) is 0 Å². The van der Waals surface area contributed by atoms with Crippen LogP contribution in [0, 0.1) is 0 Å². The summed E-state index contributed by atoms with van der Waals surface area (Å²) in [6, 6.07) is 9.73. The normalized spacial score (nSPS) is 20.5. The fourth-order valence-electron chi connectivity index (χ4n) is 3.45. The number of nitrogens with one attached hydrogen (secondary N) is 1. The van der Waals surface area contributed by atoms with Gasteiger partial charge in [0.1, 0.15) is 24.6 Å². The SMILES string of the molecule is O=C(O)CN1C[S+](c2ccoc2)CCC(NC(CCc2ccccc2)C(=O)O)C1=O. The highest BCUT2D eigenvalue weighted by Crippen LogP contribution is 2.22. The molecule has 2 aromatic rings. The van der Waals surface area contributed by atoms with E-state index in [2.05, 4.69) is 5.32 Å². The zero-order chi connectivity index (χ0) is 21.5. The summed E-state index contributed by atoms with van der Waals surface area (Å²) < 4.78 is 5.14. The third kappa shape index (κ3) is 5.87. The van der Waals surface area contributed by atoms with Crippen LogP contribution in [0.5, 0.6) is 0 Å². The Labute approximate surface area is 177 Å². The van der Waals surface area contributed by atoms with E-state index in [1.54, 1.807) is 12.5 Å². The topological polar surface area (TPSA) is 120 Å². The number of nitrogens with zero attached hydrogens (tertiary/aromatic N) is 1. The quantitative estimate of drug-likeness (QED) is 0.514. The van der Waals surface area contributed by atoms with Crippen LogP contribution in [0.15, 0.2) is 58.2 Å². The number of amides is 1. The fraction of sp³-hybridized carbons (Fsp3) is 0.381. The number of carbonyl (C=O) groups is 3. The summed E-state index contributed by atoms with van der Waals surface area (Å²) in [5.74, 6) is -1.57. The third-order valence-corrected chi connectivity index (χ3v) is 7.24. The zero-order valence-electron chi connectivity index (χ0n) is 16.4. The fourth-order valence-corrected chi connectivity index (χ4v) is 5.52. The van der Waals surface area contributed by atoms with Crippen LogP contribution in [0.1, 0.15) is 18.4 Å². The predicted octanol–water partition coefficient (Wildman–Crippen LogP) is 1.58. The minimum atomic E-state index is -1.10. The Kier molecular flexibility index (Phi) is 7.53. The molecule has 8 nitrogen and oxygen atoms in total. The highest BCUT2D eigenvalue weighted by Gasteiger charge is 2.39. The van der Waals surface area contributed by atoms with Crippen molar-refractivity contribution in [2.24, 2.45) is 0 Å². The lowest BCUT2D eigenvalue weighted by Gasteiger charge is -2.24. The van der Waals surface area contributed by atoms with Crippen LogP contribution in [0.4, 0.5) is 0 Å². The Morgan fingerprint density at radius 1 is 1.23 bits per heavy atom. The lowest BCUT2D eigenvalue weighted by atomic mass is 10.0. The molecule has 1 aromatic heterocycles. The number of carboxylic acid groups (broad SMARTS) is 2. The molecule has 1 aliphatic rings. The summed E-state index contributed by atoms with van der Waals surface area (Å²) in [7, 11) is -0.381. The molecule has 0 aliphatic carbocycles. The monoisotopic (exact) mass is 433 g/mol. The average molecular weight is 434 g/mol. The Morgan fingerprint density at radius 2 is 2.00 bits per heavy atom. The van der Waals surface area contributed by atoms with Gasteiger partial charge in [-0.15, -0.1) is 0 Å². The summed E-state index contributed by atoms with van der Waals surface area (Å²) in [5.41, 5.74) is 1.02. The van der Waals surface area contributed by atoms with E-state index >= 15 is 0 Å². The first-order valence-corrected chi connectivity index (χ1v) is 11.2. The molecule has 30 heavy (non-hydrogen) atoms. The molecule has 2 heterocycles. The highest BCUT2D eigenvalue weighted by atomic mass is 32.2. The van der Waals surface area contributed by atoms with Crippen molar-refractivity contribution >= 4 is 28.7 Å². The lowest BCUT2D eigenvalue weighted by molar-refractivity contribution is -0.145. The van der Waals surface area contributed by atoms with Gasteiger partial charge in [-0.2, -0.15) is 0 Å². The van der Waals surface area contributed by atoms with E-state index in [9.17, 15) is 24.6 Å². The van der Waals surface area contributed by atoms with Gasteiger partial charge in [-0.3, -0.25) is 24.6 Å². The van der Waals surface area contributed by atoms with E-state index in [1.807, 2.05) is 36.4 Å². The second-order valence-electron chi connectivity index (χ2n) is 7.14. The van der Waals surface area contributed by atoms with Crippen LogP contribution >= 0.6 is 0 Å². The summed E-state index contributed by atoms with van der Waals surface area (Å²) in [5, 5.41) is 21.9. The number of furan rings is 1. The molecular formula is C21H25N2O6S+. The van der Waals surface area contributed by atoms with Crippen molar-refractivity contribution in [2.75, 3.05) is 18.2 Å². The maximum atomic E-state index is 13.0. The maximum absolute atomic E-state index is 13.0. The van der Waals surface area contributed by atoms with E-state index < -0.39 is 30.6 Å². The first-order valence-electron chi connectivity index (χ1n) is 9.67. The van der Waals surface area contributed by atoms with Crippen molar-refractivity contribution in [1.82, 2.24) is 10.2 Å². The summed E-state index contributed by atoms with van der Waals surface area (Å²) in [4.78, 5) is 38.3. The Morgan fingerprint density at radius 3 is 2.63 bits per heavy atom. The molecule has 3 unspecified atom stereocenters. The van der Waals surface area contributed by atoms with Crippen molar-refractivity contribution in [2.45, 2.75) is 36.2 Å². The first-order chi connectivity index (χ1) is 14.4. The van der Waals surface area contributed by atoms with Crippen LogP contribution < -0.4 is 5.32 Å². The van der Waals surface area contributed by atoms with Gasteiger partial charge >= 0.3 is 11.9 Å². The molecule has 1 aliphatic heterocycles. The number of benzene rings is 1. The molecule has 1 amide bonds. The molecule has 0 radical (unpaired) electrons. The van der Waals surface area contributed by atoms with E-state index in [0.717, 1.165) is 10.5 Å². The zero-order valence-corrected chi connectivity index (χ0v) is 17.2. The van der Waals surface area contributed by atoms with E-state index in [-0.39, 0.29) is 22.7 Å². The van der Waals surface area contributed by atoms with Gasteiger partial charge in [-0.05, 0) is 18.4 Å². The third-order valence-electron chi connectivity index (χ3n) is 4.99. The minimum absolute atomic E-state index is 0.282.